The Morgan fingerprint density at radius 2 is 1.81 bits per heavy atom. The van der Waals surface area contributed by atoms with Crippen LogP contribution in [0, 0.1) is 0 Å². The summed E-state index contributed by atoms with van der Waals surface area (Å²) in [6, 6.07) is 17.3. The number of carbonyl (C=O) groups excluding carboxylic acids is 1. The molecule has 6 nitrogen and oxygen atoms in total. The van der Waals surface area contributed by atoms with Gasteiger partial charge < -0.3 is 15.4 Å². The van der Waals surface area contributed by atoms with Gasteiger partial charge in [-0.1, -0.05) is 41.3 Å². The van der Waals surface area contributed by atoms with Crippen molar-refractivity contribution in [2.75, 3.05) is 11.9 Å². The minimum Gasteiger partial charge on any atom is -0.457 e. The Bertz CT molecular complexity index is 869. The summed E-state index contributed by atoms with van der Waals surface area (Å²) in [5.74, 6) is 1.56. The summed E-state index contributed by atoms with van der Waals surface area (Å²) in [7, 11) is 0. The lowest BCUT2D eigenvalue weighted by molar-refractivity contribution is -0.120. The van der Waals surface area contributed by atoms with E-state index in [1.54, 1.807) is 0 Å². The van der Waals surface area contributed by atoms with Crippen molar-refractivity contribution in [3.63, 3.8) is 0 Å². The Morgan fingerprint density at radius 1 is 1.11 bits per heavy atom. The van der Waals surface area contributed by atoms with Gasteiger partial charge in [-0.05, 0) is 50.2 Å². The maximum absolute atomic E-state index is 11.8. The molecule has 0 saturated heterocycles. The average Bonchev–Trinajstić information content (AvgIpc) is 3.11. The number of thioether (sulfide) groups is 1. The Morgan fingerprint density at radius 3 is 2.52 bits per heavy atom. The number of anilines is 2. The first kappa shape index (κ1) is 19.2. The third kappa shape index (κ3) is 5.70. The predicted octanol–water partition coefficient (Wildman–Crippen LogP) is 4.69. The normalized spacial score (nSPS) is 11.6. The summed E-state index contributed by atoms with van der Waals surface area (Å²) in [6.07, 6.45) is 0. The van der Waals surface area contributed by atoms with Crippen molar-refractivity contribution >= 4 is 39.8 Å². The zero-order chi connectivity index (χ0) is 19.1. The molecular weight excluding hydrogens is 380 g/mol. The topological polar surface area (TPSA) is 76.1 Å². The number of amides is 1. The number of nitrogens with zero attached hydrogens (tertiary/aromatic N) is 2. The highest BCUT2D eigenvalue weighted by Crippen LogP contribution is 2.31. The standard InChI is InChI=1S/C19H20N4O2S2/c1-3-20-17(24)13(2)26-19-23-22-18(27-19)21-14-9-11-16(12-10-14)25-15-7-5-4-6-8-15/h4-13H,3H2,1-2H3,(H,20,24)(H,21,22)/t13-/m1/s1. The van der Waals surface area contributed by atoms with Gasteiger partial charge in [0.25, 0.3) is 0 Å². The second kappa shape index (κ2) is 9.38. The molecule has 0 bridgehead atoms. The van der Waals surface area contributed by atoms with Gasteiger partial charge in [0.05, 0.1) is 5.25 Å². The van der Waals surface area contributed by atoms with Crippen LogP contribution >= 0.6 is 23.1 Å². The molecule has 0 spiro atoms. The van der Waals surface area contributed by atoms with Crippen LogP contribution in [0.15, 0.2) is 58.9 Å². The van der Waals surface area contributed by atoms with Crippen molar-refractivity contribution in [3.05, 3.63) is 54.6 Å². The van der Waals surface area contributed by atoms with Crippen molar-refractivity contribution in [3.8, 4) is 11.5 Å². The molecule has 1 aromatic heterocycles. The van der Waals surface area contributed by atoms with Crippen molar-refractivity contribution in [1.82, 2.24) is 15.5 Å². The third-order valence-electron chi connectivity index (χ3n) is 3.49. The van der Waals surface area contributed by atoms with Gasteiger partial charge in [-0.15, -0.1) is 10.2 Å². The van der Waals surface area contributed by atoms with Gasteiger partial charge in [0.1, 0.15) is 11.5 Å². The quantitative estimate of drug-likeness (QED) is 0.534. The van der Waals surface area contributed by atoms with Gasteiger partial charge in [0.2, 0.25) is 11.0 Å². The predicted molar refractivity (Wildman–Crippen MR) is 110 cm³/mol. The van der Waals surface area contributed by atoms with Crippen LogP contribution < -0.4 is 15.4 Å². The number of aromatic nitrogens is 2. The van der Waals surface area contributed by atoms with Crippen LogP contribution in [0.3, 0.4) is 0 Å². The van der Waals surface area contributed by atoms with Crippen LogP contribution in [0.4, 0.5) is 10.8 Å². The minimum atomic E-state index is -0.208. The number of rotatable bonds is 8. The molecule has 0 aliphatic heterocycles. The van der Waals surface area contributed by atoms with E-state index in [-0.39, 0.29) is 11.2 Å². The van der Waals surface area contributed by atoms with E-state index in [1.807, 2.05) is 68.4 Å². The van der Waals surface area contributed by atoms with E-state index < -0.39 is 0 Å². The fourth-order valence-corrected chi connectivity index (χ4v) is 4.13. The highest BCUT2D eigenvalue weighted by atomic mass is 32.2. The van der Waals surface area contributed by atoms with Crippen LogP contribution in [0.1, 0.15) is 13.8 Å². The number of benzene rings is 2. The Kier molecular flexibility index (Phi) is 6.67. The zero-order valence-electron chi connectivity index (χ0n) is 15.0. The molecule has 3 rings (SSSR count). The second-order valence-corrected chi connectivity index (χ2v) is 8.16. The fourth-order valence-electron chi connectivity index (χ4n) is 2.19. The van der Waals surface area contributed by atoms with E-state index in [4.69, 9.17) is 4.74 Å². The number of para-hydroxylation sites is 1. The maximum Gasteiger partial charge on any atom is 0.233 e. The third-order valence-corrected chi connectivity index (χ3v) is 5.51. The molecule has 27 heavy (non-hydrogen) atoms. The van der Waals surface area contributed by atoms with Gasteiger partial charge in [-0.3, -0.25) is 4.79 Å². The molecule has 1 amide bonds. The number of hydrogen-bond donors (Lipinski definition) is 2. The highest BCUT2D eigenvalue weighted by molar-refractivity contribution is 8.02. The largest absolute Gasteiger partial charge is 0.457 e. The Balaban J connectivity index is 1.56. The lowest BCUT2D eigenvalue weighted by Crippen LogP contribution is -2.30. The molecule has 1 atom stereocenters. The molecular formula is C19H20N4O2S2. The Labute approximate surface area is 166 Å². The minimum absolute atomic E-state index is 0.00112. The summed E-state index contributed by atoms with van der Waals surface area (Å²) in [4.78, 5) is 11.8. The molecule has 0 unspecified atom stereocenters. The average molecular weight is 401 g/mol. The number of ether oxygens (including phenoxy) is 1. The molecule has 0 fully saturated rings. The lowest BCUT2D eigenvalue weighted by atomic mass is 10.3. The van der Waals surface area contributed by atoms with Crippen LogP contribution in [0.5, 0.6) is 11.5 Å². The van der Waals surface area contributed by atoms with Crippen LogP contribution in [-0.4, -0.2) is 27.9 Å². The molecule has 8 heteroatoms. The molecule has 0 aliphatic rings. The van der Waals surface area contributed by atoms with Crippen molar-refractivity contribution < 1.29 is 9.53 Å². The number of carbonyl (C=O) groups is 1. The summed E-state index contributed by atoms with van der Waals surface area (Å²) in [5, 5.41) is 14.8. The van der Waals surface area contributed by atoms with Crippen molar-refractivity contribution in [1.29, 1.82) is 0 Å². The zero-order valence-corrected chi connectivity index (χ0v) is 16.6. The van der Waals surface area contributed by atoms with Crippen molar-refractivity contribution in [2.45, 2.75) is 23.4 Å². The van der Waals surface area contributed by atoms with Crippen LogP contribution in [-0.2, 0) is 4.79 Å². The summed E-state index contributed by atoms with van der Waals surface area (Å²) < 4.78 is 6.53. The first-order valence-corrected chi connectivity index (χ1v) is 10.2. The van der Waals surface area contributed by atoms with Crippen molar-refractivity contribution in [2.24, 2.45) is 0 Å². The van der Waals surface area contributed by atoms with Gasteiger partial charge in [-0.25, -0.2) is 0 Å². The summed E-state index contributed by atoms with van der Waals surface area (Å²) in [5.41, 5.74) is 0.889. The fraction of sp³-hybridized carbons (Fsp3) is 0.211. The first-order chi connectivity index (χ1) is 13.1. The molecule has 0 aliphatic carbocycles. The van der Waals surface area contributed by atoms with Gasteiger partial charge in [0, 0.05) is 12.2 Å². The van der Waals surface area contributed by atoms with E-state index in [0.717, 1.165) is 21.5 Å². The molecule has 2 N–H and O–H groups in total. The maximum atomic E-state index is 11.8. The van der Waals surface area contributed by atoms with E-state index in [1.165, 1.54) is 23.1 Å². The first-order valence-electron chi connectivity index (χ1n) is 8.52. The Hall–Kier alpha value is -2.58. The molecule has 0 radical (unpaired) electrons. The monoisotopic (exact) mass is 400 g/mol. The van der Waals surface area contributed by atoms with Gasteiger partial charge in [0.15, 0.2) is 4.34 Å². The van der Waals surface area contributed by atoms with E-state index >= 15 is 0 Å². The van der Waals surface area contributed by atoms with Crippen LogP contribution in [0.2, 0.25) is 0 Å². The lowest BCUT2D eigenvalue weighted by Gasteiger charge is -2.08. The summed E-state index contributed by atoms with van der Waals surface area (Å²) in [6.45, 7) is 4.38. The van der Waals surface area contributed by atoms with E-state index in [0.29, 0.717) is 11.7 Å². The SMILES string of the molecule is CCNC(=O)[C@@H](C)Sc1nnc(Nc2ccc(Oc3ccccc3)cc2)s1. The molecule has 0 saturated carbocycles. The highest BCUT2D eigenvalue weighted by Gasteiger charge is 2.16. The molecule has 140 valence electrons. The molecule has 2 aromatic carbocycles. The molecule has 1 heterocycles. The number of hydrogen-bond acceptors (Lipinski definition) is 7. The smallest absolute Gasteiger partial charge is 0.233 e. The van der Waals surface area contributed by atoms with E-state index in [2.05, 4.69) is 20.8 Å². The summed E-state index contributed by atoms with van der Waals surface area (Å²) >= 11 is 2.82. The number of nitrogens with one attached hydrogen (secondary N) is 2. The van der Waals surface area contributed by atoms with Crippen LogP contribution in [0.25, 0.3) is 0 Å². The molecule has 3 aromatic rings. The van der Waals surface area contributed by atoms with E-state index in [9.17, 15) is 4.79 Å². The van der Waals surface area contributed by atoms with Gasteiger partial charge >= 0.3 is 0 Å². The van der Waals surface area contributed by atoms with Gasteiger partial charge in [-0.2, -0.15) is 0 Å². The second-order valence-electron chi connectivity index (χ2n) is 5.59.